The third kappa shape index (κ3) is 9.03. The highest BCUT2D eigenvalue weighted by Gasteiger charge is 2.46. The maximum atomic E-state index is 7.87. The summed E-state index contributed by atoms with van der Waals surface area (Å²) in [5.74, 6) is 5.06. The molecular weight excluding hydrogens is 1210 g/mol. The number of fused-ring (bicyclic) bond motifs is 18. The summed E-state index contributed by atoms with van der Waals surface area (Å²) in [7, 11) is 0. The van der Waals surface area contributed by atoms with Crippen LogP contribution < -0.4 is 28.4 Å². The molecule has 0 aromatic heterocycles. The minimum absolute atomic E-state index is 0.216. The molecule has 0 unspecified atom stereocenters. The van der Waals surface area contributed by atoms with Crippen LogP contribution in [0.3, 0.4) is 0 Å². The van der Waals surface area contributed by atoms with Crippen molar-refractivity contribution >= 4 is 97.0 Å². The van der Waals surface area contributed by atoms with Crippen LogP contribution in [0.25, 0.3) is 130 Å². The summed E-state index contributed by atoms with van der Waals surface area (Å²) in [6.45, 7) is 31.4. The fourth-order valence-corrected chi connectivity index (χ4v) is 19.7. The molecule has 13 aromatic rings. The molecule has 0 radical (unpaired) electrons. The standard InChI is InChI=1S/C93H102O6/c1-13-25-43-94-85-73-61-49-58-55-37-31-34-40-67(55)91(19-7,20-8)70(58)52-64(61)76-82-79(73)80-74(86(85)95-44-26-14-2)62-50-59-56-38-32-35-41-68(56)92(21-9,22-10)71(59)53-65(62)77-83(80)84-78(90(99-48-30-18-6)89(77)98-47-29-17-5)66-54-72-60(57-39-33-36-42-69(57)93(72,23-11)24-12)51-63(66)75(81(82)84)87(96-45-27-15-3)88(76)97-46-28-16-4/h31-42,49-54H,13-30,43-48H2,1-12H3. The lowest BCUT2D eigenvalue weighted by Crippen LogP contribution is -2.23. The molecule has 99 heavy (non-hydrogen) atoms. The first-order valence-corrected chi connectivity index (χ1v) is 39.0. The van der Waals surface area contributed by atoms with Crippen molar-refractivity contribution in [2.45, 2.75) is 215 Å². The molecule has 6 heteroatoms. The SMILES string of the molecule is CCCCOc1c(OCCCC)c2c3cc4c(cc3c3c(OCCCC)c(OCCCC)c5c6cc7c(cc6c6c(OCCCC)c(OCCCC)c8c9cc%10c(cc9c1c1c2c3c5c6c81)-c1ccccc1C%10(CC)CC)-c1ccccc1C7(CC)CC)C(CC)(CC)c1ccccc1-4. The van der Waals surface area contributed by atoms with Crippen molar-refractivity contribution in [3.63, 3.8) is 0 Å². The Morgan fingerprint density at radius 3 is 0.596 bits per heavy atom. The summed E-state index contributed by atoms with van der Waals surface area (Å²) < 4.78 is 47.1. The normalized spacial score (nSPS) is 14.7. The predicted octanol–water partition coefficient (Wildman–Crippen LogP) is 26.7. The maximum Gasteiger partial charge on any atom is 0.170 e. The largest absolute Gasteiger partial charge is 0.489 e. The van der Waals surface area contributed by atoms with Crippen molar-refractivity contribution in [1.82, 2.24) is 0 Å². The van der Waals surface area contributed by atoms with Crippen molar-refractivity contribution < 1.29 is 28.4 Å². The highest BCUT2D eigenvalue weighted by molar-refractivity contribution is 6.56. The third-order valence-electron chi connectivity index (χ3n) is 24.9. The lowest BCUT2D eigenvalue weighted by molar-refractivity contribution is 0.267. The van der Waals surface area contributed by atoms with Crippen LogP contribution in [0.2, 0.25) is 0 Å². The van der Waals surface area contributed by atoms with E-state index in [2.05, 4.69) is 192 Å². The smallest absolute Gasteiger partial charge is 0.170 e. The summed E-state index contributed by atoms with van der Waals surface area (Å²) in [5.41, 5.74) is 15.6. The Morgan fingerprint density at radius 1 is 0.212 bits per heavy atom. The zero-order chi connectivity index (χ0) is 68.2. The van der Waals surface area contributed by atoms with Crippen LogP contribution in [0.1, 0.15) is 232 Å². The Balaban J connectivity index is 1.28. The second-order valence-corrected chi connectivity index (χ2v) is 29.5. The van der Waals surface area contributed by atoms with Crippen molar-refractivity contribution in [3.8, 4) is 67.9 Å². The van der Waals surface area contributed by atoms with E-state index < -0.39 is 0 Å². The fourth-order valence-electron chi connectivity index (χ4n) is 19.7. The molecule has 16 rings (SSSR count). The van der Waals surface area contributed by atoms with Gasteiger partial charge in [0.1, 0.15) is 0 Å². The summed E-state index contributed by atoms with van der Waals surface area (Å²) >= 11 is 0. The molecule has 0 amide bonds. The molecule has 0 aliphatic heterocycles. The van der Waals surface area contributed by atoms with Crippen LogP contribution >= 0.6 is 0 Å². The van der Waals surface area contributed by atoms with Gasteiger partial charge >= 0.3 is 0 Å². The second kappa shape index (κ2) is 25.7. The first-order valence-electron chi connectivity index (χ1n) is 39.0. The van der Waals surface area contributed by atoms with E-state index in [-0.39, 0.29) is 16.2 Å². The highest BCUT2D eigenvalue weighted by Crippen LogP contribution is 2.68. The minimum Gasteiger partial charge on any atom is -0.489 e. The molecule has 3 aliphatic carbocycles. The number of ether oxygens (including phenoxy) is 6. The molecule has 0 saturated carbocycles. The molecule has 0 N–H and O–H groups in total. The van der Waals surface area contributed by atoms with Gasteiger partial charge < -0.3 is 28.4 Å². The third-order valence-corrected chi connectivity index (χ3v) is 24.9. The van der Waals surface area contributed by atoms with E-state index in [9.17, 15) is 0 Å². The first-order chi connectivity index (χ1) is 48.6. The van der Waals surface area contributed by atoms with E-state index in [1.807, 2.05) is 0 Å². The average Bonchev–Trinajstić information content (AvgIpc) is 0.869. The van der Waals surface area contributed by atoms with Gasteiger partial charge in [0.25, 0.3) is 0 Å². The fraction of sp³-hybridized carbons (Fsp3) is 0.419. The highest BCUT2D eigenvalue weighted by atomic mass is 16.5. The van der Waals surface area contributed by atoms with E-state index in [0.29, 0.717) is 39.6 Å². The minimum atomic E-state index is -0.216. The summed E-state index contributed by atoms with van der Waals surface area (Å²) in [6, 6.07) is 43.6. The molecule has 510 valence electrons. The van der Waals surface area contributed by atoms with Gasteiger partial charge in [-0.2, -0.15) is 0 Å². The molecule has 3 aliphatic rings. The van der Waals surface area contributed by atoms with Gasteiger partial charge in [-0.25, -0.2) is 0 Å². The number of rotatable bonds is 30. The molecule has 0 bridgehead atoms. The Hall–Kier alpha value is -8.22. The van der Waals surface area contributed by atoms with Gasteiger partial charge in [-0.1, -0.05) is 194 Å². The number of benzene rings is 13. The van der Waals surface area contributed by atoms with Crippen molar-refractivity contribution in [3.05, 3.63) is 143 Å². The van der Waals surface area contributed by atoms with E-state index >= 15 is 0 Å². The topological polar surface area (TPSA) is 55.4 Å². The van der Waals surface area contributed by atoms with Crippen LogP contribution in [0.5, 0.6) is 34.5 Å². The molecule has 6 nitrogen and oxygen atoms in total. The molecule has 0 heterocycles. The summed E-state index contributed by atoms with van der Waals surface area (Å²) in [5, 5.41) is 20.8. The van der Waals surface area contributed by atoms with Gasteiger partial charge in [-0.05, 0) is 213 Å². The Kier molecular flexibility index (Phi) is 17.0. The Bertz CT molecular complexity index is 5260. The molecular formula is C93H102O6. The molecule has 0 saturated heterocycles. The molecule has 0 fully saturated rings. The lowest BCUT2D eigenvalue weighted by atomic mass is 9.71. The average molecular weight is 1320 g/mol. The van der Waals surface area contributed by atoms with Crippen molar-refractivity contribution in [1.29, 1.82) is 0 Å². The number of unbranched alkanes of at least 4 members (excludes halogenated alkanes) is 6. The summed E-state index contributed by atoms with van der Waals surface area (Å²) in [4.78, 5) is 0. The van der Waals surface area contributed by atoms with Gasteiger partial charge in [0.2, 0.25) is 0 Å². The molecule has 0 spiro atoms. The Morgan fingerprint density at radius 2 is 0.404 bits per heavy atom. The molecule has 13 aromatic carbocycles. The van der Waals surface area contributed by atoms with E-state index in [0.717, 1.165) is 199 Å². The predicted molar refractivity (Wildman–Crippen MR) is 420 cm³/mol. The van der Waals surface area contributed by atoms with Crippen molar-refractivity contribution in [2.24, 2.45) is 0 Å². The monoisotopic (exact) mass is 1310 g/mol. The number of hydrogen-bond acceptors (Lipinski definition) is 6. The number of hydrogen-bond donors (Lipinski definition) is 0. The molecule has 0 atom stereocenters. The zero-order valence-corrected chi connectivity index (χ0v) is 61.3. The van der Waals surface area contributed by atoms with Gasteiger partial charge in [0.15, 0.2) is 34.5 Å². The van der Waals surface area contributed by atoms with Gasteiger partial charge in [-0.3, -0.25) is 0 Å². The van der Waals surface area contributed by atoms with E-state index in [1.54, 1.807) is 0 Å². The second-order valence-electron chi connectivity index (χ2n) is 29.5. The van der Waals surface area contributed by atoms with Crippen LogP contribution in [0.15, 0.2) is 109 Å². The Labute approximate surface area is 587 Å². The van der Waals surface area contributed by atoms with E-state index in [4.69, 9.17) is 28.4 Å². The first kappa shape index (κ1) is 65.4. The maximum absolute atomic E-state index is 7.87. The lowest BCUT2D eigenvalue weighted by Gasteiger charge is -2.33. The van der Waals surface area contributed by atoms with Crippen LogP contribution in [-0.2, 0) is 16.2 Å². The van der Waals surface area contributed by atoms with Crippen molar-refractivity contribution in [2.75, 3.05) is 39.6 Å². The van der Waals surface area contributed by atoms with E-state index in [1.165, 1.54) is 115 Å². The van der Waals surface area contributed by atoms with Gasteiger partial charge in [-0.15, -0.1) is 0 Å². The van der Waals surface area contributed by atoms with Crippen LogP contribution in [0.4, 0.5) is 0 Å². The quantitative estimate of drug-likeness (QED) is 0.0254. The van der Waals surface area contributed by atoms with Crippen LogP contribution in [-0.4, -0.2) is 39.6 Å². The zero-order valence-electron chi connectivity index (χ0n) is 61.3. The van der Waals surface area contributed by atoms with Gasteiger partial charge in [0.05, 0.1) is 39.6 Å². The van der Waals surface area contributed by atoms with Crippen LogP contribution in [0, 0.1) is 0 Å². The summed E-state index contributed by atoms with van der Waals surface area (Å²) in [6.07, 6.45) is 17.1. The van der Waals surface area contributed by atoms with Gasteiger partial charge in [0, 0.05) is 80.9 Å².